The number of nitrogens with two attached hydrogens (primary N) is 1. The van der Waals surface area contributed by atoms with E-state index in [2.05, 4.69) is 43.9 Å². The Labute approximate surface area is 203 Å². The lowest BCUT2D eigenvalue weighted by Gasteiger charge is -2.27. The van der Waals surface area contributed by atoms with E-state index in [0.29, 0.717) is 41.7 Å². The molecule has 10 nitrogen and oxygen atoms in total. The van der Waals surface area contributed by atoms with Gasteiger partial charge in [-0.3, -0.25) is 14.3 Å². The monoisotopic (exact) mass is 475 g/mol. The summed E-state index contributed by atoms with van der Waals surface area (Å²) in [5.74, 6) is 2.22. The number of likely N-dealkylation sites (tertiary alicyclic amines) is 1. The number of ether oxygens (including phenoxy) is 1. The van der Waals surface area contributed by atoms with Gasteiger partial charge in [-0.25, -0.2) is 9.97 Å². The number of benzene rings is 1. The third kappa shape index (κ3) is 4.57. The fourth-order valence-corrected chi connectivity index (χ4v) is 4.61. The highest BCUT2D eigenvalue weighted by molar-refractivity contribution is 5.86. The highest BCUT2D eigenvalue weighted by atomic mass is 16.5. The molecular weight excluding hydrogens is 446 g/mol. The van der Waals surface area contributed by atoms with Gasteiger partial charge in [0.1, 0.15) is 22.7 Å². The molecule has 10 heteroatoms. The van der Waals surface area contributed by atoms with E-state index < -0.39 is 0 Å². The minimum absolute atomic E-state index is 0.0741. The van der Waals surface area contributed by atoms with Crippen molar-refractivity contribution in [2.75, 3.05) is 44.4 Å². The van der Waals surface area contributed by atoms with Crippen molar-refractivity contribution in [2.45, 2.75) is 25.9 Å². The van der Waals surface area contributed by atoms with Crippen molar-refractivity contribution in [3.63, 3.8) is 0 Å². The number of nitrogens with zero attached hydrogens (tertiary/aromatic N) is 6. The Hall–Kier alpha value is -3.92. The molecule has 5 rings (SSSR count). The van der Waals surface area contributed by atoms with E-state index in [-0.39, 0.29) is 11.5 Å². The SMILES string of the molecule is COc1ccc(N(C)C2CCN(CCn3c(=O)cnc4c(-c5ccc(C)o5)nc(N)nc43)C2)cc1. The second-order valence-electron chi connectivity index (χ2n) is 8.81. The van der Waals surface area contributed by atoms with Crippen LogP contribution in [0.1, 0.15) is 12.2 Å². The molecule has 35 heavy (non-hydrogen) atoms. The van der Waals surface area contributed by atoms with Gasteiger partial charge in [-0.05, 0) is 49.7 Å². The quantitative estimate of drug-likeness (QED) is 0.430. The summed E-state index contributed by atoms with van der Waals surface area (Å²) in [6.45, 7) is 4.91. The van der Waals surface area contributed by atoms with Crippen LogP contribution in [0.4, 0.5) is 11.6 Å². The zero-order chi connectivity index (χ0) is 24.5. The van der Waals surface area contributed by atoms with Gasteiger partial charge in [-0.2, -0.15) is 4.98 Å². The van der Waals surface area contributed by atoms with Crippen LogP contribution in [0.3, 0.4) is 0 Å². The summed E-state index contributed by atoms with van der Waals surface area (Å²) in [4.78, 5) is 30.4. The number of furan rings is 1. The third-order valence-electron chi connectivity index (χ3n) is 6.60. The molecule has 182 valence electrons. The maximum Gasteiger partial charge on any atom is 0.270 e. The molecule has 2 N–H and O–H groups in total. The second-order valence-corrected chi connectivity index (χ2v) is 8.81. The topological polar surface area (TPSA) is 116 Å². The van der Waals surface area contributed by atoms with Gasteiger partial charge < -0.3 is 19.8 Å². The fraction of sp³-hybridized carbons (Fsp3) is 0.360. The molecule has 0 bridgehead atoms. The molecule has 0 radical (unpaired) electrons. The average molecular weight is 476 g/mol. The molecule has 1 aromatic carbocycles. The Morgan fingerprint density at radius 1 is 1.17 bits per heavy atom. The zero-order valence-electron chi connectivity index (χ0n) is 20.1. The van der Waals surface area contributed by atoms with Crippen molar-refractivity contribution in [1.82, 2.24) is 24.4 Å². The highest BCUT2D eigenvalue weighted by Crippen LogP contribution is 2.27. The van der Waals surface area contributed by atoms with Gasteiger partial charge in [0, 0.05) is 45.0 Å². The first kappa shape index (κ1) is 22.9. The summed E-state index contributed by atoms with van der Waals surface area (Å²) >= 11 is 0. The van der Waals surface area contributed by atoms with Gasteiger partial charge in [0.25, 0.3) is 5.56 Å². The maximum atomic E-state index is 12.7. The Balaban J connectivity index is 1.33. The normalized spacial score (nSPS) is 16.1. The lowest BCUT2D eigenvalue weighted by atomic mass is 10.2. The largest absolute Gasteiger partial charge is 0.497 e. The van der Waals surface area contributed by atoms with Crippen molar-refractivity contribution in [1.29, 1.82) is 0 Å². The van der Waals surface area contributed by atoms with E-state index >= 15 is 0 Å². The lowest BCUT2D eigenvalue weighted by molar-refractivity contribution is 0.317. The highest BCUT2D eigenvalue weighted by Gasteiger charge is 2.26. The van der Waals surface area contributed by atoms with Crippen LogP contribution in [0.15, 0.2) is 51.8 Å². The molecular formula is C25H29N7O3. The standard InChI is InChI=1S/C25H29N7O3/c1-16-4-9-20(35-16)22-23-24(29-25(26)28-22)32(21(33)14-27-23)13-12-31-11-10-18(15-31)30(2)17-5-7-19(34-3)8-6-17/h4-9,14,18H,10-13,15H2,1-3H3,(H2,26,28,29). The first-order chi connectivity index (χ1) is 16.9. The summed E-state index contributed by atoms with van der Waals surface area (Å²) in [7, 11) is 3.79. The van der Waals surface area contributed by atoms with E-state index in [4.69, 9.17) is 14.9 Å². The number of hydrogen-bond acceptors (Lipinski definition) is 9. The molecule has 0 amide bonds. The number of aromatic nitrogens is 4. The van der Waals surface area contributed by atoms with Crippen LogP contribution in [0.2, 0.25) is 0 Å². The second kappa shape index (κ2) is 9.38. The Morgan fingerprint density at radius 2 is 1.97 bits per heavy atom. The van der Waals surface area contributed by atoms with Crippen LogP contribution >= 0.6 is 0 Å². The van der Waals surface area contributed by atoms with E-state index in [1.807, 2.05) is 31.2 Å². The predicted molar refractivity (Wildman–Crippen MR) is 135 cm³/mol. The van der Waals surface area contributed by atoms with Gasteiger partial charge in [-0.1, -0.05) is 0 Å². The zero-order valence-corrected chi connectivity index (χ0v) is 20.1. The number of rotatable bonds is 7. The maximum absolute atomic E-state index is 12.7. The van der Waals surface area contributed by atoms with Crippen molar-refractivity contribution in [2.24, 2.45) is 0 Å². The molecule has 0 spiro atoms. The first-order valence-electron chi connectivity index (χ1n) is 11.6. The minimum Gasteiger partial charge on any atom is -0.497 e. The summed E-state index contributed by atoms with van der Waals surface area (Å²) in [5, 5.41) is 0. The molecule has 4 heterocycles. The Kier molecular flexibility index (Phi) is 6.12. The molecule has 1 aliphatic heterocycles. The predicted octanol–water partition coefficient (Wildman–Crippen LogP) is 2.56. The molecule has 1 unspecified atom stereocenters. The number of hydrogen-bond donors (Lipinski definition) is 1. The average Bonchev–Trinajstić information content (AvgIpc) is 3.51. The van der Waals surface area contributed by atoms with E-state index in [1.54, 1.807) is 11.7 Å². The number of nitrogen functional groups attached to an aromatic ring is 1. The molecule has 0 saturated carbocycles. The summed E-state index contributed by atoms with van der Waals surface area (Å²) < 4.78 is 12.6. The van der Waals surface area contributed by atoms with Crippen LogP contribution in [0.5, 0.6) is 5.75 Å². The molecule has 1 aliphatic rings. The van der Waals surface area contributed by atoms with Crippen LogP contribution in [0, 0.1) is 6.92 Å². The van der Waals surface area contributed by atoms with Crippen LogP contribution in [-0.4, -0.2) is 64.3 Å². The van der Waals surface area contributed by atoms with Crippen LogP contribution in [-0.2, 0) is 6.54 Å². The van der Waals surface area contributed by atoms with Crippen molar-refractivity contribution in [3.05, 3.63) is 58.7 Å². The first-order valence-corrected chi connectivity index (χ1v) is 11.6. The number of likely N-dealkylation sites (N-methyl/N-ethyl adjacent to an activating group) is 1. The van der Waals surface area contributed by atoms with Crippen LogP contribution < -0.4 is 20.9 Å². The molecule has 4 aromatic rings. The van der Waals surface area contributed by atoms with Gasteiger partial charge >= 0.3 is 0 Å². The Morgan fingerprint density at radius 3 is 2.69 bits per heavy atom. The van der Waals surface area contributed by atoms with Gasteiger partial charge in [0.05, 0.1) is 13.3 Å². The van der Waals surface area contributed by atoms with E-state index in [1.165, 1.54) is 6.20 Å². The Bertz CT molecular complexity index is 1400. The molecule has 3 aromatic heterocycles. The third-order valence-corrected chi connectivity index (χ3v) is 6.60. The van der Waals surface area contributed by atoms with Crippen molar-refractivity contribution < 1.29 is 9.15 Å². The van der Waals surface area contributed by atoms with Crippen LogP contribution in [0.25, 0.3) is 22.6 Å². The van der Waals surface area contributed by atoms with Gasteiger partial charge in [0.15, 0.2) is 11.4 Å². The summed E-state index contributed by atoms with van der Waals surface area (Å²) in [5.41, 5.74) is 8.33. The summed E-state index contributed by atoms with van der Waals surface area (Å²) in [6, 6.07) is 12.2. The van der Waals surface area contributed by atoms with E-state index in [0.717, 1.165) is 36.7 Å². The number of aryl methyl sites for hydroxylation is 1. The molecule has 1 atom stereocenters. The van der Waals surface area contributed by atoms with E-state index in [9.17, 15) is 4.79 Å². The number of methoxy groups -OCH3 is 1. The smallest absolute Gasteiger partial charge is 0.270 e. The summed E-state index contributed by atoms with van der Waals surface area (Å²) in [6.07, 6.45) is 2.36. The van der Waals surface area contributed by atoms with Gasteiger partial charge in [-0.15, -0.1) is 0 Å². The lowest BCUT2D eigenvalue weighted by Crippen LogP contribution is -2.36. The molecule has 1 saturated heterocycles. The molecule has 0 aliphatic carbocycles. The number of anilines is 2. The van der Waals surface area contributed by atoms with Crippen molar-refractivity contribution >= 4 is 22.8 Å². The van der Waals surface area contributed by atoms with Gasteiger partial charge in [0.2, 0.25) is 5.95 Å². The minimum atomic E-state index is -0.219. The van der Waals surface area contributed by atoms with Crippen molar-refractivity contribution in [3.8, 4) is 17.2 Å². The molecule has 1 fully saturated rings. The fourth-order valence-electron chi connectivity index (χ4n) is 4.61. The number of fused-ring (bicyclic) bond motifs is 1.